The molecule has 0 aliphatic heterocycles. The van der Waals surface area contributed by atoms with Crippen LogP contribution in [0.2, 0.25) is 5.02 Å². The smallest absolute Gasteiger partial charge is 0.154 e. The molecule has 0 amide bonds. The molecule has 3 aromatic rings. The van der Waals surface area contributed by atoms with Gasteiger partial charge in [-0.1, -0.05) is 11.6 Å². The van der Waals surface area contributed by atoms with Crippen LogP contribution in [-0.2, 0) is 0 Å². The van der Waals surface area contributed by atoms with Crippen LogP contribution < -0.4 is 0 Å². The Morgan fingerprint density at radius 2 is 2.13 bits per heavy atom. The molecular weight excluding hydrogens is 315 g/mol. The SMILES string of the molecule is Cc1cc(Cl)c(F)cc1-c1c(/C=N/C(C)C)nc2cccnn12. The summed E-state index contributed by atoms with van der Waals surface area (Å²) in [6.07, 6.45) is 3.38. The maximum Gasteiger partial charge on any atom is 0.154 e. The van der Waals surface area contributed by atoms with E-state index in [1.54, 1.807) is 23.0 Å². The van der Waals surface area contributed by atoms with Crippen LogP contribution in [0.5, 0.6) is 0 Å². The fourth-order valence-electron chi connectivity index (χ4n) is 2.37. The summed E-state index contributed by atoms with van der Waals surface area (Å²) in [5.74, 6) is -0.468. The van der Waals surface area contributed by atoms with Gasteiger partial charge in [-0.2, -0.15) is 5.10 Å². The Bertz CT molecular complexity index is 899. The van der Waals surface area contributed by atoms with Crippen molar-refractivity contribution in [3.05, 3.63) is 52.6 Å². The summed E-state index contributed by atoms with van der Waals surface area (Å²) in [4.78, 5) is 8.95. The van der Waals surface area contributed by atoms with Gasteiger partial charge < -0.3 is 0 Å². The molecule has 0 atom stereocenters. The highest BCUT2D eigenvalue weighted by atomic mass is 35.5. The van der Waals surface area contributed by atoms with Crippen molar-refractivity contribution in [2.24, 2.45) is 4.99 Å². The quantitative estimate of drug-likeness (QED) is 0.671. The van der Waals surface area contributed by atoms with Gasteiger partial charge in [0.25, 0.3) is 0 Å². The highest BCUT2D eigenvalue weighted by Gasteiger charge is 2.17. The molecule has 1 aromatic carbocycles. The second-order valence-electron chi connectivity index (χ2n) is 5.59. The molecule has 3 rings (SSSR count). The molecule has 0 N–H and O–H groups in total. The van der Waals surface area contributed by atoms with Crippen molar-refractivity contribution in [2.45, 2.75) is 26.8 Å². The van der Waals surface area contributed by atoms with Crippen LogP contribution in [0.3, 0.4) is 0 Å². The number of aromatic nitrogens is 3. The predicted molar refractivity (Wildman–Crippen MR) is 90.9 cm³/mol. The Labute approximate surface area is 138 Å². The van der Waals surface area contributed by atoms with Crippen LogP contribution in [0.25, 0.3) is 16.9 Å². The van der Waals surface area contributed by atoms with E-state index >= 15 is 0 Å². The average molecular weight is 331 g/mol. The first-order chi connectivity index (χ1) is 11.0. The molecule has 0 spiro atoms. The second kappa shape index (κ2) is 6.08. The lowest BCUT2D eigenvalue weighted by atomic mass is 10.0. The number of hydrogen-bond acceptors (Lipinski definition) is 3. The number of hydrogen-bond donors (Lipinski definition) is 0. The fraction of sp³-hybridized carbons (Fsp3) is 0.235. The number of rotatable bonds is 3. The third-order valence-electron chi connectivity index (χ3n) is 3.44. The third kappa shape index (κ3) is 2.97. The van der Waals surface area contributed by atoms with E-state index in [-0.39, 0.29) is 11.1 Å². The van der Waals surface area contributed by atoms with E-state index in [2.05, 4.69) is 15.1 Å². The minimum absolute atomic E-state index is 0.102. The number of imidazole rings is 1. The highest BCUT2D eigenvalue weighted by molar-refractivity contribution is 6.30. The minimum atomic E-state index is -0.468. The van der Waals surface area contributed by atoms with Crippen molar-refractivity contribution in [2.75, 3.05) is 0 Å². The summed E-state index contributed by atoms with van der Waals surface area (Å²) in [6, 6.07) is 6.83. The van der Waals surface area contributed by atoms with Crippen LogP contribution in [0.4, 0.5) is 4.39 Å². The Kier molecular flexibility index (Phi) is 4.13. The van der Waals surface area contributed by atoms with Crippen LogP contribution in [0.15, 0.2) is 35.5 Å². The predicted octanol–water partition coefficient (Wildman–Crippen LogP) is 4.32. The lowest BCUT2D eigenvalue weighted by molar-refractivity contribution is 0.628. The Balaban J connectivity index is 2.31. The first kappa shape index (κ1) is 15.6. The van der Waals surface area contributed by atoms with Crippen LogP contribution >= 0.6 is 11.6 Å². The van der Waals surface area contributed by atoms with E-state index in [9.17, 15) is 4.39 Å². The molecule has 0 radical (unpaired) electrons. The van der Waals surface area contributed by atoms with Gasteiger partial charge in [-0.05, 0) is 50.6 Å². The molecular formula is C17H16ClFN4. The van der Waals surface area contributed by atoms with Crippen molar-refractivity contribution in [3.63, 3.8) is 0 Å². The summed E-state index contributed by atoms with van der Waals surface area (Å²) in [7, 11) is 0. The largest absolute Gasteiger partial charge is 0.288 e. The molecule has 0 fully saturated rings. The molecule has 4 nitrogen and oxygen atoms in total. The number of aliphatic imine (C=N–C) groups is 1. The molecule has 0 bridgehead atoms. The summed E-state index contributed by atoms with van der Waals surface area (Å²) in [5, 5.41) is 4.44. The highest BCUT2D eigenvalue weighted by Crippen LogP contribution is 2.30. The van der Waals surface area contributed by atoms with Crippen LogP contribution in [0, 0.1) is 12.7 Å². The standard InChI is InChI=1S/C17H16ClFN4/c1-10(2)20-9-15-17(23-16(22-15)5-4-6-21-23)12-8-14(19)13(18)7-11(12)3/h4-10H,1-3H3/b20-9+. The maximum atomic E-state index is 14.0. The van der Waals surface area contributed by atoms with Crippen LogP contribution in [0.1, 0.15) is 25.1 Å². The Hall–Kier alpha value is -2.27. The number of aryl methyl sites for hydroxylation is 1. The molecule has 0 saturated carbocycles. The van der Waals surface area contributed by atoms with Gasteiger partial charge in [0.2, 0.25) is 0 Å². The van der Waals surface area contributed by atoms with Gasteiger partial charge in [0, 0.05) is 24.0 Å². The minimum Gasteiger partial charge on any atom is -0.288 e. The van der Waals surface area contributed by atoms with E-state index < -0.39 is 5.82 Å². The normalized spacial score (nSPS) is 11.9. The summed E-state index contributed by atoms with van der Waals surface area (Å²) in [6.45, 7) is 5.85. The van der Waals surface area contributed by atoms with E-state index in [1.165, 1.54) is 6.07 Å². The van der Waals surface area contributed by atoms with E-state index in [0.717, 1.165) is 5.56 Å². The number of benzene rings is 1. The van der Waals surface area contributed by atoms with Gasteiger partial charge >= 0.3 is 0 Å². The fourth-order valence-corrected chi connectivity index (χ4v) is 2.59. The maximum absolute atomic E-state index is 14.0. The zero-order valence-corrected chi connectivity index (χ0v) is 13.8. The molecule has 2 heterocycles. The summed E-state index contributed by atoms with van der Waals surface area (Å²) < 4.78 is 15.7. The molecule has 0 aliphatic rings. The molecule has 2 aromatic heterocycles. The van der Waals surface area contributed by atoms with Gasteiger partial charge in [0.05, 0.1) is 5.02 Å². The molecule has 0 aliphatic carbocycles. The molecule has 0 unspecified atom stereocenters. The van der Waals surface area contributed by atoms with E-state index in [1.807, 2.05) is 32.9 Å². The number of halogens is 2. The number of fused-ring (bicyclic) bond motifs is 1. The van der Waals surface area contributed by atoms with Crippen molar-refractivity contribution in [3.8, 4) is 11.3 Å². The average Bonchev–Trinajstić information content (AvgIpc) is 2.87. The van der Waals surface area contributed by atoms with Crippen molar-refractivity contribution < 1.29 is 4.39 Å². The summed E-state index contributed by atoms with van der Waals surface area (Å²) in [5.41, 5.74) is 3.59. The zero-order valence-electron chi connectivity index (χ0n) is 13.1. The van der Waals surface area contributed by atoms with Gasteiger partial charge in [0.1, 0.15) is 17.2 Å². The molecule has 0 saturated heterocycles. The van der Waals surface area contributed by atoms with Gasteiger partial charge in [-0.25, -0.2) is 13.9 Å². The van der Waals surface area contributed by atoms with Crippen molar-refractivity contribution >= 4 is 23.5 Å². The molecule has 118 valence electrons. The first-order valence-electron chi connectivity index (χ1n) is 7.30. The monoisotopic (exact) mass is 330 g/mol. The van der Waals surface area contributed by atoms with Crippen LogP contribution in [-0.4, -0.2) is 26.9 Å². The van der Waals surface area contributed by atoms with E-state index in [4.69, 9.17) is 11.6 Å². The zero-order chi connectivity index (χ0) is 16.6. The third-order valence-corrected chi connectivity index (χ3v) is 3.73. The Morgan fingerprint density at radius 1 is 1.35 bits per heavy atom. The number of nitrogens with zero attached hydrogens (tertiary/aromatic N) is 4. The molecule has 6 heteroatoms. The topological polar surface area (TPSA) is 42.5 Å². The van der Waals surface area contributed by atoms with Gasteiger partial charge in [-0.15, -0.1) is 0 Å². The van der Waals surface area contributed by atoms with Crippen molar-refractivity contribution in [1.82, 2.24) is 14.6 Å². The second-order valence-corrected chi connectivity index (χ2v) is 6.00. The van der Waals surface area contributed by atoms with E-state index in [0.29, 0.717) is 22.6 Å². The van der Waals surface area contributed by atoms with Gasteiger partial charge in [0.15, 0.2) is 5.65 Å². The van der Waals surface area contributed by atoms with Crippen molar-refractivity contribution in [1.29, 1.82) is 0 Å². The lowest BCUT2D eigenvalue weighted by Gasteiger charge is -2.08. The summed E-state index contributed by atoms with van der Waals surface area (Å²) >= 11 is 5.87. The van der Waals surface area contributed by atoms with Gasteiger partial charge in [-0.3, -0.25) is 4.99 Å². The Morgan fingerprint density at radius 3 is 2.87 bits per heavy atom. The first-order valence-corrected chi connectivity index (χ1v) is 7.68. The lowest BCUT2D eigenvalue weighted by Crippen LogP contribution is -1.98. The molecule has 23 heavy (non-hydrogen) atoms.